The van der Waals surface area contributed by atoms with Gasteiger partial charge < -0.3 is 13.7 Å². The van der Waals surface area contributed by atoms with Crippen LogP contribution >= 0.6 is 23.4 Å². The highest BCUT2D eigenvalue weighted by Gasteiger charge is 2.28. The van der Waals surface area contributed by atoms with Crippen LogP contribution in [0.2, 0.25) is 5.02 Å². The lowest BCUT2D eigenvalue weighted by Crippen LogP contribution is -2.05. The normalized spacial score (nSPS) is 13.7. The van der Waals surface area contributed by atoms with Gasteiger partial charge in [-0.15, -0.1) is 10.2 Å². The van der Waals surface area contributed by atoms with Crippen LogP contribution in [0.4, 0.5) is 0 Å². The van der Waals surface area contributed by atoms with E-state index >= 15 is 0 Å². The van der Waals surface area contributed by atoms with E-state index in [4.69, 9.17) is 20.8 Å². The van der Waals surface area contributed by atoms with E-state index in [1.165, 1.54) is 24.6 Å². The third kappa shape index (κ3) is 4.10. The van der Waals surface area contributed by atoms with Crippen LogP contribution in [0.3, 0.4) is 0 Å². The molecule has 6 nitrogen and oxygen atoms in total. The van der Waals surface area contributed by atoms with E-state index in [0.29, 0.717) is 27.9 Å². The summed E-state index contributed by atoms with van der Waals surface area (Å²) in [5.74, 6) is 1.21. The highest BCUT2D eigenvalue weighted by molar-refractivity contribution is 7.99. The number of carbonyl (C=O) groups excluding carboxylic acids is 1. The van der Waals surface area contributed by atoms with Crippen LogP contribution in [0.5, 0.6) is 5.75 Å². The van der Waals surface area contributed by atoms with E-state index in [0.717, 1.165) is 17.0 Å². The molecule has 1 fully saturated rings. The third-order valence-electron chi connectivity index (χ3n) is 4.66. The summed E-state index contributed by atoms with van der Waals surface area (Å²) in [7, 11) is 0. The van der Waals surface area contributed by atoms with Crippen LogP contribution in [0.15, 0.2) is 40.0 Å². The molecule has 0 N–H and O–H groups in total. The highest BCUT2D eigenvalue weighted by Crippen LogP contribution is 2.38. The second-order valence-electron chi connectivity index (χ2n) is 6.78. The number of benzene rings is 1. The first-order valence-electron chi connectivity index (χ1n) is 9.07. The maximum absolute atomic E-state index is 12.6. The van der Waals surface area contributed by atoms with Crippen LogP contribution < -0.4 is 4.74 Å². The van der Waals surface area contributed by atoms with Crippen molar-refractivity contribution in [2.45, 2.75) is 44.6 Å². The zero-order chi connectivity index (χ0) is 19.7. The minimum atomic E-state index is 0.0667. The predicted molar refractivity (Wildman–Crippen MR) is 107 cm³/mol. The molecule has 28 heavy (non-hydrogen) atoms. The largest absolute Gasteiger partial charge is 0.482 e. The van der Waals surface area contributed by atoms with Gasteiger partial charge in [-0.1, -0.05) is 35.5 Å². The second kappa shape index (κ2) is 8.01. The Labute approximate surface area is 172 Å². The van der Waals surface area contributed by atoms with Crippen molar-refractivity contribution in [2.24, 2.45) is 0 Å². The Bertz CT molecular complexity index is 1010. The molecule has 0 spiro atoms. The first-order chi connectivity index (χ1) is 13.5. The molecule has 1 aliphatic carbocycles. The number of ketones is 1. The number of rotatable bonds is 8. The minimum absolute atomic E-state index is 0.0667. The number of halogens is 1. The van der Waals surface area contributed by atoms with Gasteiger partial charge >= 0.3 is 0 Å². The molecule has 0 amide bonds. The van der Waals surface area contributed by atoms with Gasteiger partial charge in [0, 0.05) is 23.0 Å². The molecular formula is C20H20ClN3O3S. The van der Waals surface area contributed by atoms with Crippen molar-refractivity contribution in [1.29, 1.82) is 0 Å². The van der Waals surface area contributed by atoms with Crippen LogP contribution in [-0.2, 0) is 6.61 Å². The molecule has 1 aliphatic rings. The SMILES string of the molecule is Cc1cc(C(=O)CSc2nnc(COc3ccccc3Cl)o2)c(C)n1C1CC1. The third-order valence-corrected chi connectivity index (χ3v) is 5.79. The maximum atomic E-state index is 12.6. The zero-order valence-electron chi connectivity index (χ0n) is 15.6. The summed E-state index contributed by atoms with van der Waals surface area (Å²) >= 11 is 7.29. The molecule has 146 valence electrons. The number of carbonyl (C=O) groups is 1. The summed E-state index contributed by atoms with van der Waals surface area (Å²) in [5, 5.41) is 8.80. The molecule has 0 unspecified atom stereocenters. The first-order valence-corrected chi connectivity index (χ1v) is 10.4. The standard InChI is InChI=1S/C20H20ClN3O3S/c1-12-9-15(13(2)24(12)14-7-8-14)17(25)11-28-20-23-22-19(27-20)10-26-18-6-4-3-5-16(18)21/h3-6,9,14H,7-8,10-11H2,1-2H3. The van der Waals surface area contributed by atoms with E-state index in [-0.39, 0.29) is 18.1 Å². The number of Topliss-reactive ketones (excluding diaryl/α,β-unsaturated/α-hetero) is 1. The molecule has 0 saturated heterocycles. The smallest absolute Gasteiger partial charge is 0.277 e. The van der Waals surface area contributed by atoms with E-state index in [1.807, 2.05) is 25.1 Å². The Morgan fingerprint density at radius 2 is 2.11 bits per heavy atom. The van der Waals surface area contributed by atoms with E-state index in [9.17, 15) is 4.79 Å². The fourth-order valence-electron chi connectivity index (χ4n) is 3.22. The topological polar surface area (TPSA) is 70.2 Å². The minimum Gasteiger partial charge on any atom is -0.482 e. The number of hydrogen-bond acceptors (Lipinski definition) is 6. The van der Waals surface area contributed by atoms with E-state index < -0.39 is 0 Å². The molecule has 0 atom stereocenters. The Morgan fingerprint density at radius 3 is 2.86 bits per heavy atom. The molecule has 2 aromatic heterocycles. The highest BCUT2D eigenvalue weighted by atomic mass is 35.5. The number of nitrogens with zero attached hydrogens (tertiary/aromatic N) is 3. The van der Waals surface area contributed by atoms with Crippen molar-refractivity contribution in [3.05, 3.63) is 58.2 Å². The van der Waals surface area contributed by atoms with Crippen LogP contribution in [0.25, 0.3) is 0 Å². The van der Waals surface area contributed by atoms with Crippen molar-refractivity contribution < 1.29 is 13.9 Å². The first kappa shape index (κ1) is 19.1. The summed E-state index contributed by atoms with van der Waals surface area (Å²) < 4.78 is 13.4. The van der Waals surface area contributed by atoms with Gasteiger partial charge in [0.05, 0.1) is 10.8 Å². The van der Waals surface area contributed by atoms with Crippen molar-refractivity contribution in [1.82, 2.24) is 14.8 Å². The maximum Gasteiger partial charge on any atom is 0.277 e. The Kier molecular flexibility index (Phi) is 5.46. The van der Waals surface area contributed by atoms with Crippen molar-refractivity contribution >= 4 is 29.1 Å². The molecule has 2 heterocycles. The van der Waals surface area contributed by atoms with Gasteiger partial charge in [0.1, 0.15) is 5.75 Å². The predicted octanol–water partition coefficient (Wildman–Crippen LogP) is 5.03. The number of hydrogen-bond donors (Lipinski definition) is 0. The van der Waals surface area contributed by atoms with Crippen LogP contribution in [0, 0.1) is 13.8 Å². The van der Waals surface area contributed by atoms with E-state index in [2.05, 4.69) is 21.7 Å². The number of ether oxygens (including phenoxy) is 1. The number of thioether (sulfide) groups is 1. The van der Waals surface area contributed by atoms with Gasteiger partial charge in [-0.25, -0.2) is 0 Å². The van der Waals surface area contributed by atoms with Gasteiger partial charge in [0.25, 0.3) is 11.1 Å². The lowest BCUT2D eigenvalue weighted by atomic mass is 10.2. The quantitative estimate of drug-likeness (QED) is 0.378. The van der Waals surface area contributed by atoms with Crippen molar-refractivity contribution in [3.63, 3.8) is 0 Å². The Hall–Kier alpha value is -2.25. The summed E-state index contributed by atoms with van der Waals surface area (Å²) in [6.07, 6.45) is 2.39. The Balaban J connectivity index is 1.34. The molecule has 0 aliphatic heterocycles. The summed E-state index contributed by atoms with van der Waals surface area (Å²) in [6, 6.07) is 9.72. The fraction of sp³-hybridized carbons (Fsp3) is 0.350. The van der Waals surface area contributed by atoms with Crippen LogP contribution in [0.1, 0.15) is 46.5 Å². The van der Waals surface area contributed by atoms with Gasteiger partial charge in [0.15, 0.2) is 12.4 Å². The number of aromatic nitrogens is 3. The summed E-state index contributed by atoms with van der Waals surface area (Å²) in [6.45, 7) is 4.19. The van der Waals surface area contributed by atoms with Gasteiger partial charge in [-0.05, 0) is 44.9 Å². The summed E-state index contributed by atoms with van der Waals surface area (Å²) in [4.78, 5) is 12.6. The fourth-order valence-corrected chi connectivity index (χ4v) is 4.07. The Morgan fingerprint density at radius 1 is 1.32 bits per heavy atom. The van der Waals surface area contributed by atoms with Gasteiger partial charge in [0.2, 0.25) is 0 Å². The monoisotopic (exact) mass is 417 g/mol. The molecule has 0 radical (unpaired) electrons. The van der Waals surface area contributed by atoms with Gasteiger partial charge in [-0.3, -0.25) is 4.79 Å². The molecular weight excluding hydrogens is 398 g/mol. The lowest BCUT2D eigenvalue weighted by molar-refractivity contribution is 0.102. The van der Waals surface area contributed by atoms with Gasteiger partial charge in [-0.2, -0.15) is 0 Å². The molecule has 1 saturated carbocycles. The lowest BCUT2D eigenvalue weighted by Gasteiger charge is -2.07. The molecule has 8 heteroatoms. The average molecular weight is 418 g/mol. The zero-order valence-corrected chi connectivity index (χ0v) is 17.2. The van der Waals surface area contributed by atoms with E-state index in [1.54, 1.807) is 12.1 Å². The van der Waals surface area contributed by atoms with Crippen molar-refractivity contribution in [3.8, 4) is 5.75 Å². The second-order valence-corrected chi connectivity index (χ2v) is 8.11. The average Bonchev–Trinajstić information content (AvgIpc) is 3.32. The summed E-state index contributed by atoms with van der Waals surface area (Å²) in [5.41, 5.74) is 2.97. The molecule has 1 aromatic carbocycles. The molecule has 0 bridgehead atoms. The van der Waals surface area contributed by atoms with Crippen LogP contribution in [-0.4, -0.2) is 26.3 Å². The molecule has 4 rings (SSSR count). The number of para-hydroxylation sites is 1. The van der Waals surface area contributed by atoms with Crippen molar-refractivity contribution in [2.75, 3.05) is 5.75 Å². The number of aryl methyl sites for hydroxylation is 1. The molecule has 3 aromatic rings.